The monoisotopic (exact) mass is 421 g/mol. The summed E-state index contributed by atoms with van der Waals surface area (Å²) in [6.45, 7) is 6.31. The number of rotatable bonds is 4. The van der Waals surface area contributed by atoms with Crippen LogP contribution in [0.4, 0.5) is 0 Å². The zero-order valence-corrected chi connectivity index (χ0v) is 18.1. The first-order valence-electron chi connectivity index (χ1n) is 10.1. The van der Waals surface area contributed by atoms with Crippen LogP contribution in [0.15, 0.2) is 72.8 Å². The van der Waals surface area contributed by atoms with Crippen molar-refractivity contribution >= 4 is 29.1 Å². The minimum absolute atomic E-state index is 0.420. The Kier molecular flexibility index (Phi) is 6.43. The normalized spacial score (nSPS) is 11.9. The molecule has 1 heterocycles. The summed E-state index contributed by atoms with van der Waals surface area (Å²) in [5, 5.41) is 38.3. The molecule has 1 aromatic heterocycles. The second-order valence-electron chi connectivity index (χ2n) is 8.43. The first kappa shape index (κ1) is 22.8. The average Bonchev–Trinajstić information content (AvgIpc) is 3.01. The van der Waals surface area contributed by atoms with Gasteiger partial charge in [0.2, 0.25) is 0 Å². The molecule has 4 rings (SSSR count). The first-order chi connectivity index (χ1) is 14.5. The summed E-state index contributed by atoms with van der Waals surface area (Å²) in [4.78, 5) is 0. The van der Waals surface area contributed by atoms with Crippen LogP contribution in [0, 0.1) is 0 Å². The summed E-state index contributed by atoms with van der Waals surface area (Å²) < 4.78 is 7.17. The fourth-order valence-electron chi connectivity index (χ4n) is 3.00. The Morgan fingerprint density at radius 2 is 1.26 bits per heavy atom. The van der Waals surface area contributed by atoms with Gasteiger partial charge in [-0.3, -0.25) is 0 Å². The minimum atomic E-state index is -1.82. The summed E-state index contributed by atoms with van der Waals surface area (Å²) in [6, 6.07) is 23.8. The Bertz CT molecular complexity index is 1150. The number of aromatic nitrogens is 1. The number of nitrogens with zero attached hydrogens (tertiary/aromatic N) is 1. The van der Waals surface area contributed by atoms with E-state index in [9.17, 15) is 0 Å². The van der Waals surface area contributed by atoms with Crippen LogP contribution in [0.25, 0.3) is 27.5 Å². The van der Waals surface area contributed by atoms with Crippen LogP contribution in [0.3, 0.4) is 0 Å². The molecule has 6 nitrogen and oxygen atoms in total. The van der Waals surface area contributed by atoms with Gasteiger partial charge in [-0.05, 0) is 64.1 Å². The smallest absolute Gasteiger partial charge is 0.512 e. The van der Waals surface area contributed by atoms with Crippen LogP contribution in [-0.2, 0) is 0 Å². The third-order valence-electron chi connectivity index (χ3n) is 5.40. The van der Waals surface area contributed by atoms with Crippen molar-refractivity contribution in [1.82, 2.24) is 4.57 Å². The van der Waals surface area contributed by atoms with Gasteiger partial charge >= 0.3 is 7.32 Å². The predicted molar refractivity (Wildman–Crippen MR) is 124 cm³/mol. The van der Waals surface area contributed by atoms with E-state index in [1.54, 1.807) is 33.8 Å². The molecule has 0 bridgehead atoms. The van der Waals surface area contributed by atoms with Crippen LogP contribution in [0.1, 0.15) is 27.7 Å². The molecule has 0 atom stereocenters. The summed E-state index contributed by atoms with van der Waals surface area (Å²) in [7, 11) is -1.82. The van der Waals surface area contributed by atoms with Crippen molar-refractivity contribution in [3.63, 3.8) is 0 Å². The maximum absolute atomic E-state index is 9.10. The van der Waals surface area contributed by atoms with E-state index in [4.69, 9.17) is 24.9 Å². The molecule has 0 aliphatic heterocycles. The number of benzene rings is 3. The summed E-state index contributed by atoms with van der Waals surface area (Å²) in [5.74, 6) is 0.420. The van der Waals surface area contributed by atoms with E-state index in [0.717, 1.165) is 27.5 Å². The highest BCUT2D eigenvalue weighted by molar-refractivity contribution is 6.33. The van der Waals surface area contributed by atoms with Crippen molar-refractivity contribution in [3.05, 3.63) is 72.8 Å². The van der Waals surface area contributed by atoms with E-state index >= 15 is 0 Å². The van der Waals surface area contributed by atoms with Gasteiger partial charge in [0.25, 0.3) is 0 Å². The molecule has 7 heteroatoms. The topological polar surface area (TPSA) is 95.1 Å². The van der Waals surface area contributed by atoms with Gasteiger partial charge in [0.15, 0.2) is 0 Å². The fourth-order valence-corrected chi connectivity index (χ4v) is 3.00. The molecular formula is C24H28BNO5. The lowest BCUT2D eigenvalue weighted by Crippen LogP contribution is -2.44. The SMILES string of the molecule is CC(C)(O)C(C)(C)O.OB(O)Oc1ccc2c(c1)c1ccccc1n2-c1ccccc1. The third kappa shape index (κ3) is 5.08. The van der Waals surface area contributed by atoms with Gasteiger partial charge in [-0.25, -0.2) is 0 Å². The van der Waals surface area contributed by atoms with E-state index in [1.165, 1.54) is 0 Å². The lowest BCUT2D eigenvalue weighted by molar-refractivity contribution is -0.107. The lowest BCUT2D eigenvalue weighted by atomic mass is 9.90. The molecule has 4 aromatic rings. The fraction of sp³-hybridized carbons (Fsp3) is 0.250. The van der Waals surface area contributed by atoms with E-state index < -0.39 is 18.5 Å². The van der Waals surface area contributed by atoms with Crippen LogP contribution >= 0.6 is 0 Å². The molecule has 0 radical (unpaired) electrons. The van der Waals surface area contributed by atoms with Gasteiger partial charge in [0, 0.05) is 16.5 Å². The van der Waals surface area contributed by atoms with Gasteiger partial charge < -0.3 is 29.5 Å². The number of hydrogen-bond donors (Lipinski definition) is 4. The highest BCUT2D eigenvalue weighted by Gasteiger charge is 2.31. The Morgan fingerprint density at radius 1 is 0.710 bits per heavy atom. The van der Waals surface area contributed by atoms with Gasteiger partial charge in [0.1, 0.15) is 5.75 Å². The standard InChI is InChI=1S/C18H14BNO3.C6H14O2/c21-19(22)23-14-10-11-18-16(12-14)15-8-4-5-9-17(15)20(18)13-6-2-1-3-7-13;1-5(2,7)6(3,4)8/h1-12,21-22H;7-8H,1-4H3. The maximum Gasteiger partial charge on any atom is 0.707 e. The van der Waals surface area contributed by atoms with Crippen LogP contribution < -0.4 is 4.65 Å². The summed E-state index contributed by atoms with van der Waals surface area (Å²) in [5.41, 5.74) is 1.20. The van der Waals surface area contributed by atoms with Gasteiger partial charge in [-0.15, -0.1) is 0 Å². The van der Waals surface area contributed by atoms with Gasteiger partial charge in [-0.2, -0.15) is 0 Å². The molecular weight excluding hydrogens is 393 g/mol. The van der Waals surface area contributed by atoms with E-state index in [0.29, 0.717) is 5.75 Å². The molecule has 3 aromatic carbocycles. The van der Waals surface area contributed by atoms with Crippen molar-refractivity contribution in [2.45, 2.75) is 38.9 Å². The Balaban J connectivity index is 0.000000293. The molecule has 0 aliphatic carbocycles. The van der Waals surface area contributed by atoms with Gasteiger partial charge in [0.05, 0.1) is 22.2 Å². The molecule has 0 saturated heterocycles. The maximum atomic E-state index is 9.10. The number of aliphatic hydroxyl groups is 2. The minimum Gasteiger partial charge on any atom is -0.512 e. The Hall–Kier alpha value is -2.84. The average molecular weight is 421 g/mol. The highest BCUT2D eigenvalue weighted by Crippen LogP contribution is 2.34. The third-order valence-corrected chi connectivity index (χ3v) is 5.40. The van der Waals surface area contributed by atoms with Crippen molar-refractivity contribution in [2.75, 3.05) is 0 Å². The quantitative estimate of drug-likeness (QED) is 0.378. The zero-order chi connectivity index (χ0) is 22.8. The van der Waals surface area contributed by atoms with Crippen LogP contribution in [-0.4, -0.2) is 43.4 Å². The molecule has 0 spiro atoms. The first-order valence-corrected chi connectivity index (χ1v) is 10.1. The molecule has 0 fully saturated rings. The Morgan fingerprint density at radius 3 is 1.84 bits per heavy atom. The lowest BCUT2D eigenvalue weighted by Gasteiger charge is -2.31. The molecule has 31 heavy (non-hydrogen) atoms. The van der Waals surface area contributed by atoms with E-state index in [2.05, 4.69) is 28.8 Å². The molecule has 4 N–H and O–H groups in total. The van der Waals surface area contributed by atoms with Crippen molar-refractivity contribution in [3.8, 4) is 11.4 Å². The Labute approximate surface area is 182 Å². The highest BCUT2D eigenvalue weighted by atomic mass is 16.6. The van der Waals surface area contributed by atoms with Crippen molar-refractivity contribution < 1.29 is 24.9 Å². The zero-order valence-electron chi connectivity index (χ0n) is 18.1. The molecule has 0 amide bonds. The van der Waals surface area contributed by atoms with Crippen LogP contribution in [0.2, 0.25) is 0 Å². The molecule has 0 saturated carbocycles. The van der Waals surface area contributed by atoms with Crippen molar-refractivity contribution in [2.24, 2.45) is 0 Å². The molecule has 162 valence electrons. The van der Waals surface area contributed by atoms with Gasteiger partial charge in [-0.1, -0.05) is 36.4 Å². The number of para-hydroxylation sites is 2. The summed E-state index contributed by atoms with van der Waals surface area (Å²) >= 11 is 0. The molecule has 0 aliphatic rings. The van der Waals surface area contributed by atoms with Crippen molar-refractivity contribution in [1.29, 1.82) is 0 Å². The molecule has 0 unspecified atom stereocenters. The predicted octanol–water partition coefficient (Wildman–Crippen LogP) is 3.66. The van der Waals surface area contributed by atoms with E-state index in [-0.39, 0.29) is 0 Å². The van der Waals surface area contributed by atoms with E-state index in [1.807, 2.05) is 42.5 Å². The number of hydrogen-bond acceptors (Lipinski definition) is 5. The van der Waals surface area contributed by atoms with Crippen LogP contribution in [0.5, 0.6) is 5.75 Å². The second kappa shape index (κ2) is 8.73. The largest absolute Gasteiger partial charge is 0.707 e. The second-order valence-corrected chi connectivity index (χ2v) is 8.43. The number of fused-ring (bicyclic) bond motifs is 3. The summed E-state index contributed by atoms with van der Waals surface area (Å²) in [6.07, 6.45) is 0.